The molecular weight excluding hydrogens is 297 g/mol. The molecule has 0 spiro atoms. The third-order valence-electron chi connectivity index (χ3n) is 2.80. The van der Waals surface area contributed by atoms with E-state index in [0.717, 1.165) is 19.3 Å². The van der Waals surface area contributed by atoms with E-state index in [1.165, 1.54) is 6.92 Å². The highest BCUT2D eigenvalue weighted by atomic mass is 79.9. The van der Waals surface area contributed by atoms with Crippen molar-refractivity contribution in [1.29, 1.82) is 0 Å². The summed E-state index contributed by atoms with van der Waals surface area (Å²) >= 11 is 3.13. The van der Waals surface area contributed by atoms with Gasteiger partial charge in [-0.05, 0) is 13.0 Å². The van der Waals surface area contributed by atoms with Crippen molar-refractivity contribution >= 4 is 21.9 Å². The van der Waals surface area contributed by atoms with Crippen molar-refractivity contribution in [2.75, 3.05) is 12.4 Å². The molecule has 0 aromatic rings. The Labute approximate surface area is 106 Å². The molecule has 0 saturated carbocycles. The number of allylic oxidation sites excluding steroid dienone is 3. The van der Waals surface area contributed by atoms with Gasteiger partial charge >= 0.3 is 5.97 Å². The van der Waals surface area contributed by atoms with Crippen LogP contribution in [0.3, 0.4) is 0 Å². The number of nitro groups is 1. The van der Waals surface area contributed by atoms with Crippen LogP contribution in [0.5, 0.6) is 0 Å². The van der Waals surface area contributed by atoms with Crippen molar-refractivity contribution in [2.24, 2.45) is 11.3 Å². The molecule has 0 bridgehead atoms. The van der Waals surface area contributed by atoms with Crippen molar-refractivity contribution < 1.29 is 18.8 Å². The first-order valence-corrected chi connectivity index (χ1v) is 5.86. The van der Waals surface area contributed by atoms with Crippen LogP contribution in [0.2, 0.25) is 0 Å². The van der Waals surface area contributed by atoms with Gasteiger partial charge in [-0.2, -0.15) is 0 Å². The van der Waals surface area contributed by atoms with Gasteiger partial charge < -0.3 is 4.74 Å². The van der Waals surface area contributed by atoms with Crippen molar-refractivity contribution in [3.05, 3.63) is 33.8 Å². The molecular formula is C10H11BrFNO4. The largest absolute Gasteiger partial charge is 0.469 e. The molecule has 0 aromatic heterocycles. The number of halogens is 2. The fraction of sp³-hybridized carbons (Fsp3) is 0.500. The molecule has 0 amide bonds. The zero-order chi connectivity index (χ0) is 13.2. The van der Waals surface area contributed by atoms with Crippen molar-refractivity contribution in [2.45, 2.75) is 6.92 Å². The highest BCUT2D eigenvalue weighted by molar-refractivity contribution is 9.09. The van der Waals surface area contributed by atoms with Crippen LogP contribution >= 0.6 is 15.9 Å². The maximum absolute atomic E-state index is 13.3. The summed E-state index contributed by atoms with van der Waals surface area (Å²) in [4.78, 5) is 21.8. The molecule has 94 valence electrons. The van der Waals surface area contributed by atoms with Crippen LogP contribution in [0.25, 0.3) is 0 Å². The second-order valence-electron chi connectivity index (χ2n) is 3.89. The Morgan fingerprint density at radius 3 is 2.76 bits per heavy atom. The number of alkyl halides is 1. The fourth-order valence-electron chi connectivity index (χ4n) is 1.71. The van der Waals surface area contributed by atoms with E-state index >= 15 is 0 Å². The Morgan fingerprint density at radius 1 is 1.76 bits per heavy atom. The molecule has 1 aliphatic carbocycles. The molecule has 7 heteroatoms. The van der Waals surface area contributed by atoms with E-state index in [-0.39, 0.29) is 11.0 Å². The van der Waals surface area contributed by atoms with E-state index in [0.29, 0.717) is 0 Å². The summed E-state index contributed by atoms with van der Waals surface area (Å²) in [6.07, 6.45) is 1.88. The minimum absolute atomic E-state index is 0.149. The molecule has 2 unspecified atom stereocenters. The molecule has 0 N–H and O–H groups in total. The quantitative estimate of drug-likeness (QED) is 0.347. The predicted molar refractivity (Wildman–Crippen MR) is 61.7 cm³/mol. The summed E-state index contributed by atoms with van der Waals surface area (Å²) in [6, 6.07) is 0. The molecule has 1 aliphatic rings. The van der Waals surface area contributed by atoms with Gasteiger partial charge in [0, 0.05) is 11.4 Å². The zero-order valence-electron chi connectivity index (χ0n) is 9.28. The van der Waals surface area contributed by atoms with Gasteiger partial charge in [0.2, 0.25) is 0 Å². The molecule has 5 nitrogen and oxygen atoms in total. The van der Waals surface area contributed by atoms with Crippen molar-refractivity contribution in [1.82, 2.24) is 0 Å². The number of ether oxygens (including phenoxy) is 1. The van der Waals surface area contributed by atoms with Crippen LogP contribution in [0.1, 0.15) is 6.92 Å². The van der Waals surface area contributed by atoms with Gasteiger partial charge in [-0.3, -0.25) is 14.9 Å². The molecule has 1 rings (SSSR count). The second kappa shape index (κ2) is 4.95. The van der Waals surface area contributed by atoms with E-state index in [9.17, 15) is 19.3 Å². The Kier molecular flexibility index (Phi) is 4.03. The van der Waals surface area contributed by atoms with Crippen LogP contribution < -0.4 is 0 Å². The summed E-state index contributed by atoms with van der Waals surface area (Å²) in [5.74, 6) is -2.52. The molecule has 0 aromatic carbocycles. The number of esters is 1. The van der Waals surface area contributed by atoms with Gasteiger partial charge in [0.25, 0.3) is 5.70 Å². The second-order valence-corrected chi connectivity index (χ2v) is 4.45. The molecule has 0 heterocycles. The van der Waals surface area contributed by atoms with Gasteiger partial charge in [0.1, 0.15) is 5.83 Å². The first kappa shape index (κ1) is 13.8. The van der Waals surface area contributed by atoms with Crippen LogP contribution in [-0.2, 0) is 9.53 Å². The first-order chi connectivity index (χ1) is 7.86. The van der Waals surface area contributed by atoms with E-state index in [1.54, 1.807) is 0 Å². The number of carbonyl (C=O) groups excluding carboxylic acids is 1. The van der Waals surface area contributed by atoms with E-state index in [1.807, 2.05) is 0 Å². The maximum atomic E-state index is 13.3. The predicted octanol–water partition coefficient (Wildman–Crippen LogP) is 2.20. The van der Waals surface area contributed by atoms with Gasteiger partial charge in [-0.1, -0.05) is 15.9 Å². The van der Waals surface area contributed by atoms with Gasteiger partial charge in [0.15, 0.2) is 0 Å². The Balaban J connectivity index is 3.30. The molecule has 2 atom stereocenters. The number of hydrogen-bond donors (Lipinski definition) is 0. The number of hydrogen-bond acceptors (Lipinski definition) is 4. The zero-order valence-corrected chi connectivity index (χ0v) is 10.9. The van der Waals surface area contributed by atoms with E-state index < -0.39 is 28.1 Å². The normalized spacial score (nSPS) is 28.1. The van der Waals surface area contributed by atoms with Crippen molar-refractivity contribution in [3.63, 3.8) is 0 Å². The summed E-state index contributed by atoms with van der Waals surface area (Å²) in [6.45, 7) is 1.51. The smallest absolute Gasteiger partial charge is 0.313 e. The minimum Gasteiger partial charge on any atom is -0.469 e. The lowest BCUT2D eigenvalue weighted by Crippen LogP contribution is -2.40. The first-order valence-electron chi connectivity index (χ1n) is 4.74. The van der Waals surface area contributed by atoms with Crippen LogP contribution in [0.15, 0.2) is 23.7 Å². The molecule has 0 aliphatic heterocycles. The lowest BCUT2D eigenvalue weighted by Gasteiger charge is -2.31. The summed E-state index contributed by atoms with van der Waals surface area (Å²) in [5, 5.41) is 11.1. The molecule has 0 radical (unpaired) electrons. The maximum Gasteiger partial charge on any atom is 0.313 e. The lowest BCUT2D eigenvalue weighted by atomic mass is 9.73. The summed E-state index contributed by atoms with van der Waals surface area (Å²) in [7, 11) is 1.16. The number of carbonyl (C=O) groups is 1. The minimum atomic E-state index is -1.13. The molecule has 17 heavy (non-hydrogen) atoms. The number of methoxy groups -OCH3 is 1. The Morgan fingerprint density at radius 2 is 2.35 bits per heavy atom. The van der Waals surface area contributed by atoms with Crippen LogP contribution in [0.4, 0.5) is 4.39 Å². The third-order valence-corrected chi connectivity index (χ3v) is 3.97. The molecule has 0 fully saturated rings. The Bertz CT molecular complexity index is 421. The third kappa shape index (κ3) is 2.38. The highest BCUT2D eigenvalue weighted by Gasteiger charge is 2.49. The molecule has 0 saturated heterocycles. The summed E-state index contributed by atoms with van der Waals surface area (Å²) in [5.41, 5.74) is -1.48. The van der Waals surface area contributed by atoms with Gasteiger partial charge in [-0.15, -0.1) is 0 Å². The van der Waals surface area contributed by atoms with Crippen LogP contribution in [0, 0.1) is 21.4 Å². The standard InChI is InChI=1S/C10H11BrFNO4/c1-10(5-11)7(9(14)17-2)3-6(12)4-8(10)13(15)16/h3-4,7H,5H2,1-2H3. The highest BCUT2D eigenvalue weighted by Crippen LogP contribution is 2.43. The SMILES string of the molecule is COC(=O)C1C=C(F)C=C([N+](=O)[O-])C1(C)CBr. The van der Waals surface area contributed by atoms with Crippen LogP contribution in [-0.4, -0.2) is 23.3 Å². The van der Waals surface area contributed by atoms with Gasteiger partial charge in [0.05, 0.1) is 23.4 Å². The lowest BCUT2D eigenvalue weighted by molar-refractivity contribution is -0.441. The average molecular weight is 308 g/mol. The Hall–Kier alpha value is -1.24. The topological polar surface area (TPSA) is 69.4 Å². The van der Waals surface area contributed by atoms with E-state index in [2.05, 4.69) is 20.7 Å². The van der Waals surface area contributed by atoms with Crippen molar-refractivity contribution in [3.8, 4) is 0 Å². The summed E-state index contributed by atoms with van der Waals surface area (Å²) < 4.78 is 17.8. The van der Waals surface area contributed by atoms with E-state index in [4.69, 9.17) is 0 Å². The fourth-order valence-corrected chi connectivity index (χ4v) is 2.35. The van der Waals surface area contributed by atoms with Gasteiger partial charge in [-0.25, -0.2) is 4.39 Å². The number of nitrogens with zero attached hydrogens (tertiary/aromatic N) is 1. The monoisotopic (exact) mass is 307 g/mol. The average Bonchev–Trinajstić information content (AvgIpc) is 2.30. The number of rotatable bonds is 3.